The van der Waals surface area contributed by atoms with Gasteiger partial charge in [-0.15, -0.1) is 0 Å². The lowest BCUT2D eigenvalue weighted by Crippen LogP contribution is -2.14. The van der Waals surface area contributed by atoms with Gasteiger partial charge in [0.05, 0.1) is 25.3 Å². The average Bonchev–Trinajstić information content (AvgIpc) is 3.66. The molecule has 0 aliphatic carbocycles. The molecule has 4 aromatic carbocycles. The van der Waals surface area contributed by atoms with Crippen molar-refractivity contribution in [2.75, 3.05) is 14.2 Å². The van der Waals surface area contributed by atoms with Gasteiger partial charge in [0, 0.05) is 11.1 Å². The zero-order valence-corrected chi connectivity index (χ0v) is 20.8. The molecule has 2 aromatic heterocycles. The Labute approximate surface area is 221 Å². The summed E-state index contributed by atoms with van der Waals surface area (Å²) in [5.41, 5.74) is 1.80. The summed E-state index contributed by atoms with van der Waals surface area (Å²) < 4.78 is 26.8. The van der Waals surface area contributed by atoms with Gasteiger partial charge in [-0.25, -0.2) is 19.6 Å². The molecule has 0 N–H and O–H groups in total. The number of ether oxygens (including phenoxy) is 3. The van der Waals surface area contributed by atoms with Crippen molar-refractivity contribution in [3.05, 3.63) is 96.3 Å². The summed E-state index contributed by atoms with van der Waals surface area (Å²) in [4.78, 5) is 35.0. The van der Waals surface area contributed by atoms with Crippen LogP contribution in [0.25, 0.3) is 44.5 Å². The number of esters is 2. The summed E-state index contributed by atoms with van der Waals surface area (Å²) in [7, 11) is 2.97. The fourth-order valence-corrected chi connectivity index (χ4v) is 4.48. The Morgan fingerprint density at radius 2 is 1.00 bits per heavy atom. The highest BCUT2D eigenvalue weighted by Gasteiger charge is 2.22. The fraction of sp³-hybridized carbons (Fsp3) is 0.0667. The monoisotopic (exact) mass is 520 g/mol. The maximum Gasteiger partial charge on any atom is 0.346 e. The van der Waals surface area contributed by atoms with E-state index >= 15 is 0 Å². The molecule has 0 saturated carbocycles. The van der Waals surface area contributed by atoms with Gasteiger partial charge in [-0.1, -0.05) is 48.5 Å². The van der Waals surface area contributed by atoms with Crippen LogP contribution in [0, 0.1) is 0 Å². The molecule has 2 heterocycles. The summed E-state index contributed by atoms with van der Waals surface area (Å²) in [6.07, 6.45) is 2.94. The van der Waals surface area contributed by atoms with Crippen LogP contribution >= 0.6 is 0 Å². The van der Waals surface area contributed by atoms with Crippen molar-refractivity contribution in [3.63, 3.8) is 0 Å². The smallest absolute Gasteiger partial charge is 0.346 e. The molecule has 0 saturated heterocycles. The zero-order chi connectivity index (χ0) is 26.9. The van der Waals surface area contributed by atoms with Crippen LogP contribution < -0.4 is 9.47 Å². The van der Waals surface area contributed by atoms with E-state index in [4.69, 9.17) is 23.0 Å². The van der Waals surface area contributed by atoms with E-state index in [0.717, 1.165) is 0 Å². The molecule has 6 aromatic rings. The SMILES string of the molecule is COc1cnc(-c2ccc(C(=O)OC(=O)c3ccc(-c4ncc(OC)o4)c4ccccc34)c3ccccc23)o1. The quantitative estimate of drug-likeness (QED) is 0.184. The molecule has 6 rings (SSSR count). The molecule has 0 fully saturated rings. The fourth-order valence-electron chi connectivity index (χ4n) is 4.48. The van der Waals surface area contributed by atoms with E-state index in [9.17, 15) is 9.59 Å². The number of carbonyl (C=O) groups is 2. The average molecular weight is 520 g/mol. The number of methoxy groups -OCH3 is 2. The molecule has 192 valence electrons. The van der Waals surface area contributed by atoms with Gasteiger partial charge in [-0.2, -0.15) is 0 Å². The minimum Gasteiger partial charge on any atom is -0.467 e. The zero-order valence-electron chi connectivity index (χ0n) is 20.8. The Bertz CT molecular complexity index is 1730. The van der Waals surface area contributed by atoms with Crippen molar-refractivity contribution in [1.29, 1.82) is 0 Å². The van der Waals surface area contributed by atoms with Crippen LogP contribution in [0.5, 0.6) is 11.9 Å². The first-order valence-electron chi connectivity index (χ1n) is 11.9. The van der Waals surface area contributed by atoms with Crippen LogP contribution in [-0.2, 0) is 4.74 Å². The summed E-state index contributed by atoms with van der Waals surface area (Å²) in [5.74, 6) is -0.341. The molecule has 9 nitrogen and oxygen atoms in total. The van der Waals surface area contributed by atoms with E-state index in [0.29, 0.717) is 44.5 Å². The number of oxazole rings is 2. The van der Waals surface area contributed by atoms with Crippen molar-refractivity contribution in [3.8, 4) is 34.8 Å². The second-order valence-corrected chi connectivity index (χ2v) is 8.47. The molecular formula is C30H20N2O7. The van der Waals surface area contributed by atoms with Crippen molar-refractivity contribution < 1.29 is 32.6 Å². The molecular weight excluding hydrogens is 500 g/mol. The first-order chi connectivity index (χ1) is 19.1. The van der Waals surface area contributed by atoms with E-state index in [-0.39, 0.29) is 23.0 Å². The molecule has 0 radical (unpaired) electrons. The lowest BCUT2D eigenvalue weighted by atomic mass is 9.99. The van der Waals surface area contributed by atoms with Gasteiger partial charge in [0.15, 0.2) is 0 Å². The molecule has 0 aliphatic rings. The third kappa shape index (κ3) is 4.25. The Morgan fingerprint density at radius 3 is 1.38 bits per heavy atom. The first kappa shape index (κ1) is 23.9. The van der Waals surface area contributed by atoms with Crippen LogP contribution in [0.4, 0.5) is 0 Å². The molecule has 0 aliphatic heterocycles. The third-order valence-corrected chi connectivity index (χ3v) is 6.31. The van der Waals surface area contributed by atoms with Gasteiger partial charge < -0.3 is 23.0 Å². The van der Waals surface area contributed by atoms with E-state index < -0.39 is 11.9 Å². The van der Waals surface area contributed by atoms with Crippen LogP contribution in [0.15, 0.2) is 94.0 Å². The van der Waals surface area contributed by atoms with Crippen LogP contribution in [0.2, 0.25) is 0 Å². The second-order valence-electron chi connectivity index (χ2n) is 8.47. The number of aromatic nitrogens is 2. The molecule has 0 bridgehead atoms. The number of nitrogens with zero attached hydrogens (tertiary/aromatic N) is 2. The summed E-state index contributed by atoms with van der Waals surface area (Å²) >= 11 is 0. The van der Waals surface area contributed by atoms with Crippen molar-refractivity contribution in [1.82, 2.24) is 9.97 Å². The van der Waals surface area contributed by atoms with Crippen molar-refractivity contribution in [2.45, 2.75) is 0 Å². The molecule has 0 spiro atoms. The predicted molar refractivity (Wildman–Crippen MR) is 142 cm³/mol. The van der Waals surface area contributed by atoms with Crippen LogP contribution in [-0.4, -0.2) is 36.1 Å². The molecule has 0 amide bonds. The van der Waals surface area contributed by atoms with Gasteiger partial charge in [-0.3, -0.25) is 0 Å². The van der Waals surface area contributed by atoms with Gasteiger partial charge >= 0.3 is 23.8 Å². The van der Waals surface area contributed by atoms with E-state index in [1.165, 1.54) is 26.6 Å². The highest BCUT2D eigenvalue weighted by molar-refractivity contribution is 6.15. The maximum atomic E-state index is 13.3. The number of rotatable bonds is 6. The summed E-state index contributed by atoms with van der Waals surface area (Å²) in [6, 6.07) is 21.1. The normalized spacial score (nSPS) is 11.0. The van der Waals surface area contributed by atoms with Crippen LogP contribution in [0.1, 0.15) is 20.7 Å². The lowest BCUT2D eigenvalue weighted by molar-refractivity contribution is 0.0400. The minimum atomic E-state index is -0.779. The predicted octanol–water partition coefficient (Wildman–Crippen LogP) is 6.32. The Balaban J connectivity index is 1.34. The second kappa shape index (κ2) is 9.79. The van der Waals surface area contributed by atoms with Gasteiger partial charge in [-0.05, 0) is 45.8 Å². The Hall–Kier alpha value is -5.44. The molecule has 0 atom stereocenters. The standard InChI is InChI=1S/C30H20N2O7/c1-35-25-15-31-27(37-25)21-11-13-23(19-9-5-3-7-17(19)21)29(33)39-30(34)24-14-12-22(18-8-4-6-10-20(18)24)28-32-16-26(36-2)38-28/h3-16H,1-2H3. The van der Waals surface area contributed by atoms with Gasteiger partial charge in [0.2, 0.25) is 11.8 Å². The number of benzene rings is 4. The maximum absolute atomic E-state index is 13.3. The van der Waals surface area contributed by atoms with Crippen molar-refractivity contribution in [2.24, 2.45) is 0 Å². The van der Waals surface area contributed by atoms with Gasteiger partial charge in [0.25, 0.3) is 0 Å². The minimum absolute atomic E-state index is 0.231. The highest BCUT2D eigenvalue weighted by Crippen LogP contribution is 2.34. The molecule has 9 heteroatoms. The number of fused-ring (bicyclic) bond motifs is 2. The molecule has 0 unspecified atom stereocenters. The Kier molecular flexibility index (Phi) is 6.01. The lowest BCUT2D eigenvalue weighted by Gasteiger charge is -2.11. The number of hydrogen-bond acceptors (Lipinski definition) is 9. The van der Waals surface area contributed by atoms with Crippen molar-refractivity contribution >= 4 is 33.5 Å². The van der Waals surface area contributed by atoms with Crippen LogP contribution in [0.3, 0.4) is 0 Å². The first-order valence-corrected chi connectivity index (χ1v) is 11.9. The van der Waals surface area contributed by atoms with E-state index in [2.05, 4.69) is 9.97 Å². The molecule has 39 heavy (non-hydrogen) atoms. The summed E-state index contributed by atoms with van der Waals surface area (Å²) in [5, 5.41) is 2.59. The summed E-state index contributed by atoms with van der Waals surface area (Å²) in [6.45, 7) is 0. The third-order valence-electron chi connectivity index (χ3n) is 6.31. The highest BCUT2D eigenvalue weighted by atomic mass is 16.6. The largest absolute Gasteiger partial charge is 0.467 e. The Morgan fingerprint density at radius 1 is 0.590 bits per heavy atom. The topological polar surface area (TPSA) is 114 Å². The van der Waals surface area contributed by atoms with Gasteiger partial charge in [0.1, 0.15) is 12.4 Å². The number of carbonyl (C=O) groups excluding carboxylic acids is 2. The van der Waals surface area contributed by atoms with E-state index in [1.807, 2.05) is 24.3 Å². The number of hydrogen-bond donors (Lipinski definition) is 0. The van der Waals surface area contributed by atoms with E-state index in [1.54, 1.807) is 48.5 Å².